The molecule has 1 aromatic carbocycles. The Labute approximate surface area is 136 Å². The van der Waals surface area contributed by atoms with Gasteiger partial charge in [0.25, 0.3) is 5.91 Å². The topological polar surface area (TPSA) is 91.2 Å². The van der Waals surface area contributed by atoms with E-state index in [0.29, 0.717) is 30.2 Å². The van der Waals surface area contributed by atoms with Crippen LogP contribution in [0.15, 0.2) is 24.3 Å². The Morgan fingerprint density at radius 1 is 1.26 bits per heavy atom. The number of carbonyl (C=O) groups is 2. The van der Waals surface area contributed by atoms with E-state index in [9.17, 15) is 9.59 Å². The van der Waals surface area contributed by atoms with Crippen LogP contribution in [0.1, 0.15) is 43.1 Å². The van der Waals surface area contributed by atoms with Crippen LogP contribution in [0.3, 0.4) is 0 Å². The maximum atomic E-state index is 12.1. The molecule has 0 spiro atoms. The van der Waals surface area contributed by atoms with Gasteiger partial charge in [-0.25, -0.2) is 4.79 Å². The van der Waals surface area contributed by atoms with E-state index in [-0.39, 0.29) is 11.9 Å². The highest BCUT2D eigenvalue weighted by molar-refractivity contribution is 5.94. The average molecular weight is 317 g/mol. The molecule has 1 rings (SSSR count). The molecule has 1 atom stereocenters. The van der Waals surface area contributed by atoms with Crippen LogP contribution in [0.5, 0.6) is 0 Å². The Hall–Kier alpha value is -2.55. The van der Waals surface area contributed by atoms with E-state index in [2.05, 4.69) is 10.6 Å². The van der Waals surface area contributed by atoms with Gasteiger partial charge in [0, 0.05) is 18.2 Å². The summed E-state index contributed by atoms with van der Waals surface area (Å²) in [6.45, 7) is 6.45. The molecule has 0 radical (unpaired) electrons. The zero-order valence-electron chi connectivity index (χ0n) is 13.8. The van der Waals surface area contributed by atoms with E-state index in [1.807, 2.05) is 19.9 Å². The molecule has 23 heavy (non-hydrogen) atoms. The Balaban J connectivity index is 2.59. The molecule has 2 amide bonds. The summed E-state index contributed by atoms with van der Waals surface area (Å²) in [7, 11) is 0. The summed E-state index contributed by atoms with van der Waals surface area (Å²) >= 11 is 0. The van der Waals surface area contributed by atoms with Crippen LogP contribution in [0.4, 0.5) is 4.79 Å². The first kappa shape index (κ1) is 18.5. The minimum absolute atomic E-state index is 0.198. The van der Waals surface area contributed by atoms with Gasteiger partial charge in [0.05, 0.1) is 18.2 Å². The molecule has 0 aliphatic heterocycles. The number of hydrogen-bond acceptors (Lipinski definition) is 4. The largest absolute Gasteiger partial charge is 0.450 e. The van der Waals surface area contributed by atoms with Crippen LogP contribution in [-0.2, 0) is 4.74 Å². The highest BCUT2D eigenvalue weighted by Crippen LogP contribution is 2.06. The lowest BCUT2D eigenvalue weighted by Gasteiger charge is -2.20. The highest BCUT2D eigenvalue weighted by Gasteiger charge is 2.16. The molecule has 0 unspecified atom stereocenters. The van der Waals surface area contributed by atoms with Crippen molar-refractivity contribution >= 4 is 12.0 Å². The number of benzene rings is 1. The van der Waals surface area contributed by atoms with E-state index in [4.69, 9.17) is 10.00 Å². The third-order valence-corrected chi connectivity index (χ3v) is 3.14. The van der Waals surface area contributed by atoms with Crippen molar-refractivity contribution in [2.45, 2.75) is 33.2 Å². The first-order chi connectivity index (χ1) is 11.0. The van der Waals surface area contributed by atoms with Gasteiger partial charge in [0.1, 0.15) is 0 Å². The lowest BCUT2D eigenvalue weighted by atomic mass is 10.0. The number of alkyl carbamates (subject to hydrolysis) is 1. The number of nitrogens with zero attached hydrogens (tertiary/aromatic N) is 1. The summed E-state index contributed by atoms with van der Waals surface area (Å²) in [6.07, 6.45) is 0.248. The van der Waals surface area contributed by atoms with E-state index in [0.717, 1.165) is 6.42 Å². The van der Waals surface area contributed by atoms with Crippen LogP contribution < -0.4 is 10.6 Å². The van der Waals surface area contributed by atoms with Gasteiger partial charge in [-0.05, 0) is 43.5 Å². The molecule has 0 saturated heterocycles. The number of carbonyl (C=O) groups excluding carboxylic acids is 2. The van der Waals surface area contributed by atoms with E-state index >= 15 is 0 Å². The van der Waals surface area contributed by atoms with Gasteiger partial charge in [-0.3, -0.25) is 4.79 Å². The number of amides is 2. The molecular formula is C17H23N3O3. The molecule has 1 aromatic rings. The molecule has 2 N–H and O–H groups in total. The molecule has 0 saturated carbocycles. The summed E-state index contributed by atoms with van der Waals surface area (Å²) in [5, 5.41) is 14.3. The van der Waals surface area contributed by atoms with Gasteiger partial charge in [0.2, 0.25) is 0 Å². The van der Waals surface area contributed by atoms with Gasteiger partial charge in [-0.2, -0.15) is 5.26 Å². The fraction of sp³-hybridized carbons (Fsp3) is 0.471. The van der Waals surface area contributed by atoms with E-state index < -0.39 is 6.09 Å². The summed E-state index contributed by atoms with van der Waals surface area (Å²) in [5.74, 6) is 0.127. The predicted molar refractivity (Wildman–Crippen MR) is 86.9 cm³/mol. The SMILES string of the molecule is CCOC(=O)N[C@H](CNC(=O)c1ccc(C#N)cc1)CC(C)C. The summed E-state index contributed by atoms with van der Waals surface area (Å²) in [5.41, 5.74) is 0.978. The van der Waals surface area contributed by atoms with Crippen LogP contribution >= 0.6 is 0 Å². The molecule has 6 nitrogen and oxygen atoms in total. The smallest absolute Gasteiger partial charge is 0.407 e. The van der Waals surface area contributed by atoms with Gasteiger partial charge in [-0.15, -0.1) is 0 Å². The molecule has 0 bridgehead atoms. The van der Waals surface area contributed by atoms with Crippen molar-refractivity contribution < 1.29 is 14.3 Å². The van der Waals surface area contributed by atoms with Crippen molar-refractivity contribution in [3.8, 4) is 6.07 Å². The summed E-state index contributed by atoms with van der Waals surface area (Å²) < 4.78 is 4.88. The maximum Gasteiger partial charge on any atom is 0.407 e. The minimum Gasteiger partial charge on any atom is -0.450 e. The highest BCUT2D eigenvalue weighted by atomic mass is 16.5. The van der Waals surface area contributed by atoms with Crippen LogP contribution in [-0.4, -0.2) is 31.2 Å². The lowest BCUT2D eigenvalue weighted by Crippen LogP contribution is -2.44. The van der Waals surface area contributed by atoms with Gasteiger partial charge < -0.3 is 15.4 Å². The molecule has 0 aliphatic carbocycles. The maximum absolute atomic E-state index is 12.1. The minimum atomic E-state index is -0.481. The molecule has 0 aliphatic rings. The lowest BCUT2D eigenvalue weighted by molar-refractivity contribution is 0.0944. The van der Waals surface area contributed by atoms with Crippen molar-refractivity contribution in [2.24, 2.45) is 5.92 Å². The fourth-order valence-electron chi connectivity index (χ4n) is 2.12. The van der Waals surface area contributed by atoms with Gasteiger partial charge in [0.15, 0.2) is 0 Å². The quantitative estimate of drug-likeness (QED) is 0.808. The van der Waals surface area contributed by atoms with Crippen molar-refractivity contribution in [1.82, 2.24) is 10.6 Å². The predicted octanol–water partition coefficient (Wildman–Crippen LogP) is 2.45. The third kappa shape index (κ3) is 6.83. The zero-order chi connectivity index (χ0) is 17.2. The Morgan fingerprint density at radius 3 is 2.43 bits per heavy atom. The first-order valence-electron chi connectivity index (χ1n) is 7.67. The van der Waals surface area contributed by atoms with Crippen molar-refractivity contribution in [1.29, 1.82) is 5.26 Å². The van der Waals surface area contributed by atoms with E-state index in [1.165, 1.54) is 0 Å². The second kappa shape index (κ2) is 9.46. The molecule has 0 fully saturated rings. The van der Waals surface area contributed by atoms with Crippen LogP contribution in [0.2, 0.25) is 0 Å². The second-order valence-electron chi connectivity index (χ2n) is 5.59. The van der Waals surface area contributed by atoms with Crippen molar-refractivity contribution in [3.05, 3.63) is 35.4 Å². The molecule has 0 heterocycles. The molecular weight excluding hydrogens is 294 g/mol. The number of nitrogens with one attached hydrogen (secondary N) is 2. The average Bonchev–Trinajstić information content (AvgIpc) is 2.52. The van der Waals surface area contributed by atoms with Crippen LogP contribution in [0.25, 0.3) is 0 Å². The first-order valence-corrected chi connectivity index (χ1v) is 7.67. The van der Waals surface area contributed by atoms with Gasteiger partial charge in [-0.1, -0.05) is 13.8 Å². The number of ether oxygens (including phenoxy) is 1. The van der Waals surface area contributed by atoms with Crippen LogP contribution in [0, 0.1) is 17.2 Å². The second-order valence-corrected chi connectivity index (χ2v) is 5.59. The third-order valence-electron chi connectivity index (χ3n) is 3.14. The van der Waals surface area contributed by atoms with E-state index in [1.54, 1.807) is 31.2 Å². The monoisotopic (exact) mass is 317 g/mol. The molecule has 0 aromatic heterocycles. The number of rotatable bonds is 7. The summed E-state index contributed by atoms with van der Waals surface area (Å²) in [6, 6.07) is 8.20. The molecule has 124 valence electrons. The van der Waals surface area contributed by atoms with Crippen molar-refractivity contribution in [2.75, 3.05) is 13.2 Å². The Bertz CT molecular complexity index is 561. The fourth-order valence-corrected chi connectivity index (χ4v) is 2.12. The Kier molecular flexibility index (Phi) is 7.61. The zero-order valence-corrected chi connectivity index (χ0v) is 13.8. The van der Waals surface area contributed by atoms with Crippen molar-refractivity contribution in [3.63, 3.8) is 0 Å². The van der Waals surface area contributed by atoms with Gasteiger partial charge >= 0.3 is 6.09 Å². The number of nitriles is 1. The Morgan fingerprint density at radius 2 is 1.91 bits per heavy atom. The summed E-state index contributed by atoms with van der Waals surface area (Å²) in [4.78, 5) is 23.7. The normalized spacial score (nSPS) is 11.4. The molecule has 6 heteroatoms. The standard InChI is InChI=1S/C17H23N3O3/c1-4-23-17(22)20-15(9-12(2)3)11-19-16(21)14-7-5-13(10-18)6-8-14/h5-8,12,15H,4,9,11H2,1-3H3,(H,19,21)(H,20,22)/t15-/m0/s1. The number of hydrogen-bond donors (Lipinski definition) is 2.